The number of anilines is 2. The number of hydrogen-bond acceptors (Lipinski definition) is 6. The first-order valence-electron chi connectivity index (χ1n) is 4.95. The Labute approximate surface area is 88.4 Å². The summed E-state index contributed by atoms with van der Waals surface area (Å²) < 4.78 is 5.46. The molecule has 1 saturated heterocycles. The maximum absolute atomic E-state index is 5.46. The Bertz CT molecular complexity index is 332. The summed E-state index contributed by atoms with van der Waals surface area (Å²) in [4.78, 5) is 10.3. The average Bonchev–Trinajstić information content (AvgIpc) is 2.29. The Balaban J connectivity index is 2.13. The highest BCUT2D eigenvalue weighted by molar-refractivity contribution is 5.48. The predicted octanol–water partition coefficient (Wildman–Crippen LogP) is -0.0127. The highest BCUT2D eigenvalue weighted by Gasteiger charge is 2.17. The number of nitrogens with zero attached hydrogens (tertiary/aromatic N) is 3. The van der Waals surface area contributed by atoms with Crippen molar-refractivity contribution in [2.45, 2.75) is 13.0 Å². The minimum atomic E-state index is 0.239. The molecule has 0 saturated carbocycles. The van der Waals surface area contributed by atoms with Gasteiger partial charge in [0.15, 0.2) is 0 Å². The van der Waals surface area contributed by atoms with Crippen LogP contribution in [0, 0.1) is 0 Å². The SMILES string of the molecule is CC1CN(c2cc(NN)ncn2)CCO1. The Morgan fingerprint density at radius 2 is 2.47 bits per heavy atom. The quantitative estimate of drug-likeness (QED) is 0.527. The first kappa shape index (κ1) is 10.1. The first-order chi connectivity index (χ1) is 7.29. The van der Waals surface area contributed by atoms with Gasteiger partial charge in [-0.05, 0) is 6.92 Å². The van der Waals surface area contributed by atoms with Crippen LogP contribution in [0.15, 0.2) is 12.4 Å². The molecule has 1 aromatic rings. The summed E-state index contributed by atoms with van der Waals surface area (Å²) in [7, 11) is 0. The lowest BCUT2D eigenvalue weighted by Crippen LogP contribution is -2.41. The fourth-order valence-corrected chi connectivity index (χ4v) is 1.63. The highest BCUT2D eigenvalue weighted by Crippen LogP contribution is 2.16. The number of morpholine rings is 1. The van der Waals surface area contributed by atoms with E-state index in [1.165, 1.54) is 6.33 Å². The first-order valence-corrected chi connectivity index (χ1v) is 4.95. The average molecular weight is 209 g/mol. The van der Waals surface area contributed by atoms with Crippen molar-refractivity contribution < 1.29 is 4.74 Å². The fourth-order valence-electron chi connectivity index (χ4n) is 1.63. The summed E-state index contributed by atoms with van der Waals surface area (Å²) in [5.74, 6) is 6.80. The van der Waals surface area contributed by atoms with Crippen LogP contribution in [-0.2, 0) is 4.74 Å². The van der Waals surface area contributed by atoms with Gasteiger partial charge in [0.05, 0.1) is 12.7 Å². The number of rotatable bonds is 2. The van der Waals surface area contributed by atoms with Gasteiger partial charge in [0, 0.05) is 19.2 Å². The number of nitrogens with one attached hydrogen (secondary N) is 1. The molecule has 1 aliphatic heterocycles. The van der Waals surface area contributed by atoms with Gasteiger partial charge in [-0.1, -0.05) is 0 Å². The largest absolute Gasteiger partial charge is 0.375 e. The lowest BCUT2D eigenvalue weighted by Gasteiger charge is -2.31. The van der Waals surface area contributed by atoms with Crippen LogP contribution >= 0.6 is 0 Å². The minimum absolute atomic E-state index is 0.239. The van der Waals surface area contributed by atoms with Crippen LogP contribution < -0.4 is 16.2 Å². The van der Waals surface area contributed by atoms with E-state index in [0.717, 1.165) is 25.5 Å². The zero-order chi connectivity index (χ0) is 10.7. The highest BCUT2D eigenvalue weighted by atomic mass is 16.5. The molecule has 0 spiro atoms. The molecule has 2 rings (SSSR count). The Morgan fingerprint density at radius 3 is 3.20 bits per heavy atom. The molecule has 3 N–H and O–H groups in total. The van der Waals surface area contributed by atoms with E-state index < -0.39 is 0 Å². The van der Waals surface area contributed by atoms with Crippen molar-refractivity contribution in [2.24, 2.45) is 5.84 Å². The third kappa shape index (κ3) is 2.34. The van der Waals surface area contributed by atoms with Gasteiger partial charge >= 0.3 is 0 Å². The van der Waals surface area contributed by atoms with Crippen molar-refractivity contribution in [3.63, 3.8) is 0 Å². The summed E-state index contributed by atoms with van der Waals surface area (Å²) in [5.41, 5.74) is 2.51. The zero-order valence-corrected chi connectivity index (χ0v) is 8.68. The number of hydrogen-bond donors (Lipinski definition) is 2. The lowest BCUT2D eigenvalue weighted by molar-refractivity contribution is 0.0529. The summed E-state index contributed by atoms with van der Waals surface area (Å²) >= 11 is 0. The molecule has 0 amide bonds. The normalized spacial score (nSPS) is 21.5. The van der Waals surface area contributed by atoms with Gasteiger partial charge in [-0.15, -0.1) is 0 Å². The van der Waals surface area contributed by atoms with Gasteiger partial charge in [-0.25, -0.2) is 15.8 Å². The topological polar surface area (TPSA) is 76.3 Å². The Kier molecular flexibility index (Phi) is 2.98. The number of hydrazine groups is 1. The maximum Gasteiger partial charge on any atom is 0.145 e. The molecule has 1 atom stereocenters. The lowest BCUT2D eigenvalue weighted by atomic mass is 10.3. The number of ether oxygens (including phenoxy) is 1. The van der Waals surface area contributed by atoms with Crippen LogP contribution in [0.4, 0.5) is 11.6 Å². The molecule has 1 fully saturated rings. The molecule has 0 aliphatic carbocycles. The van der Waals surface area contributed by atoms with Gasteiger partial charge in [0.25, 0.3) is 0 Å². The van der Waals surface area contributed by atoms with Crippen LogP contribution in [0.1, 0.15) is 6.92 Å². The second-order valence-corrected chi connectivity index (χ2v) is 3.53. The molecule has 0 aromatic carbocycles. The number of aromatic nitrogens is 2. The molecule has 0 radical (unpaired) electrons. The predicted molar refractivity (Wildman–Crippen MR) is 57.5 cm³/mol. The minimum Gasteiger partial charge on any atom is -0.375 e. The van der Waals surface area contributed by atoms with Gasteiger partial charge in [0.2, 0.25) is 0 Å². The molecule has 6 heteroatoms. The molecule has 0 bridgehead atoms. The van der Waals surface area contributed by atoms with Gasteiger partial charge < -0.3 is 15.1 Å². The standard InChI is InChI=1S/C9H15N5O/c1-7-5-14(2-3-15-7)9-4-8(13-10)11-6-12-9/h4,6-7H,2-3,5,10H2,1H3,(H,11,12,13). The molecule has 2 heterocycles. The van der Waals surface area contributed by atoms with E-state index in [1.54, 1.807) is 0 Å². The van der Waals surface area contributed by atoms with Gasteiger partial charge in [-0.3, -0.25) is 0 Å². The second-order valence-electron chi connectivity index (χ2n) is 3.53. The van der Waals surface area contributed by atoms with Crippen molar-refractivity contribution in [1.29, 1.82) is 0 Å². The van der Waals surface area contributed by atoms with E-state index in [2.05, 4.69) is 27.2 Å². The van der Waals surface area contributed by atoms with Crippen molar-refractivity contribution in [3.8, 4) is 0 Å². The fraction of sp³-hybridized carbons (Fsp3) is 0.556. The summed E-state index contributed by atoms with van der Waals surface area (Å²) in [5, 5.41) is 0. The molecular weight excluding hydrogens is 194 g/mol. The monoisotopic (exact) mass is 209 g/mol. The van der Waals surface area contributed by atoms with E-state index in [9.17, 15) is 0 Å². The molecular formula is C9H15N5O. The third-order valence-corrected chi connectivity index (χ3v) is 2.37. The third-order valence-electron chi connectivity index (χ3n) is 2.37. The van der Waals surface area contributed by atoms with Crippen molar-refractivity contribution in [2.75, 3.05) is 30.0 Å². The van der Waals surface area contributed by atoms with Gasteiger partial charge in [0.1, 0.15) is 18.0 Å². The summed E-state index contributed by atoms with van der Waals surface area (Å²) in [6, 6.07) is 1.83. The molecule has 6 nitrogen and oxygen atoms in total. The summed E-state index contributed by atoms with van der Waals surface area (Å²) in [6.45, 7) is 4.48. The molecule has 1 aromatic heterocycles. The molecule has 1 unspecified atom stereocenters. The second kappa shape index (κ2) is 4.41. The van der Waals surface area contributed by atoms with E-state index >= 15 is 0 Å². The van der Waals surface area contributed by atoms with E-state index in [-0.39, 0.29) is 6.10 Å². The maximum atomic E-state index is 5.46. The smallest absolute Gasteiger partial charge is 0.145 e. The van der Waals surface area contributed by atoms with E-state index in [1.807, 2.05) is 6.07 Å². The van der Waals surface area contributed by atoms with Crippen molar-refractivity contribution >= 4 is 11.6 Å². The number of nitrogen functional groups attached to an aromatic ring is 1. The van der Waals surface area contributed by atoms with Crippen LogP contribution in [0.2, 0.25) is 0 Å². The van der Waals surface area contributed by atoms with E-state index in [0.29, 0.717) is 5.82 Å². The summed E-state index contributed by atoms with van der Waals surface area (Å²) in [6.07, 6.45) is 1.74. The molecule has 82 valence electrons. The number of nitrogens with two attached hydrogens (primary N) is 1. The van der Waals surface area contributed by atoms with Crippen molar-refractivity contribution in [3.05, 3.63) is 12.4 Å². The van der Waals surface area contributed by atoms with Crippen molar-refractivity contribution in [1.82, 2.24) is 9.97 Å². The molecule has 15 heavy (non-hydrogen) atoms. The Morgan fingerprint density at radius 1 is 1.60 bits per heavy atom. The van der Waals surface area contributed by atoms with Crippen LogP contribution in [-0.4, -0.2) is 35.8 Å². The Hall–Kier alpha value is -1.40. The van der Waals surface area contributed by atoms with E-state index in [4.69, 9.17) is 10.6 Å². The van der Waals surface area contributed by atoms with Gasteiger partial charge in [-0.2, -0.15) is 0 Å². The van der Waals surface area contributed by atoms with Crippen LogP contribution in [0.25, 0.3) is 0 Å². The zero-order valence-electron chi connectivity index (χ0n) is 8.68. The van der Waals surface area contributed by atoms with Crippen LogP contribution in [0.5, 0.6) is 0 Å². The van der Waals surface area contributed by atoms with Crippen LogP contribution in [0.3, 0.4) is 0 Å². The molecule has 1 aliphatic rings.